The van der Waals surface area contributed by atoms with Crippen molar-refractivity contribution in [3.8, 4) is 0 Å². The fraction of sp³-hybridized carbons (Fsp3) is 0.357. The van der Waals surface area contributed by atoms with E-state index >= 15 is 0 Å². The van der Waals surface area contributed by atoms with Gasteiger partial charge in [0.2, 0.25) is 0 Å². The quantitative estimate of drug-likeness (QED) is 0.832. The minimum atomic E-state index is -0.372. The number of amides is 1. The van der Waals surface area contributed by atoms with Crippen molar-refractivity contribution in [1.29, 1.82) is 0 Å². The lowest BCUT2D eigenvalue weighted by atomic mass is 10.1. The fourth-order valence-corrected chi connectivity index (χ4v) is 3.15. The van der Waals surface area contributed by atoms with E-state index in [1.165, 1.54) is 23.7 Å². The number of carbonyl (C=O) groups is 2. The standard InChI is InChI=1S/C14H15N3O3S/c1-2-20-14(19)11-10(8-3-4-8)7-21-13(11)17-12(18)9-5-15-16-6-9/h5-8H,2-4H2,1H3,(H,15,16)(H,17,18). The van der Waals surface area contributed by atoms with E-state index < -0.39 is 0 Å². The molecule has 1 aliphatic carbocycles. The molecule has 1 aliphatic rings. The zero-order chi connectivity index (χ0) is 14.8. The van der Waals surface area contributed by atoms with E-state index in [9.17, 15) is 9.59 Å². The molecule has 1 saturated carbocycles. The average Bonchev–Trinajstić information content (AvgIpc) is 3.01. The van der Waals surface area contributed by atoms with Crippen LogP contribution in [0, 0.1) is 0 Å². The van der Waals surface area contributed by atoms with Crippen LogP contribution in [0.1, 0.15) is 52.0 Å². The van der Waals surface area contributed by atoms with E-state index in [0.29, 0.717) is 28.7 Å². The van der Waals surface area contributed by atoms with Gasteiger partial charge < -0.3 is 10.1 Å². The highest BCUT2D eigenvalue weighted by molar-refractivity contribution is 7.15. The highest BCUT2D eigenvalue weighted by Gasteiger charge is 2.32. The molecule has 0 atom stereocenters. The van der Waals surface area contributed by atoms with Crippen LogP contribution in [0.3, 0.4) is 0 Å². The number of hydrogen-bond acceptors (Lipinski definition) is 5. The Labute approximate surface area is 125 Å². The molecule has 1 amide bonds. The number of nitrogens with one attached hydrogen (secondary N) is 2. The Morgan fingerprint density at radius 2 is 2.33 bits per heavy atom. The van der Waals surface area contributed by atoms with E-state index in [1.54, 1.807) is 6.92 Å². The van der Waals surface area contributed by atoms with Crippen molar-refractivity contribution < 1.29 is 14.3 Å². The van der Waals surface area contributed by atoms with E-state index in [4.69, 9.17) is 4.74 Å². The van der Waals surface area contributed by atoms with Crippen molar-refractivity contribution in [2.24, 2.45) is 0 Å². The van der Waals surface area contributed by atoms with Gasteiger partial charge in [-0.3, -0.25) is 9.89 Å². The Morgan fingerprint density at radius 1 is 1.52 bits per heavy atom. The molecule has 1 fully saturated rings. The summed E-state index contributed by atoms with van der Waals surface area (Å²) in [7, 11) is 0. The van der Waals surface area contributed by atoms with Gasteiger partial charge in [0.25, 0.3) is 5.91 Å². The van der Waals surface area contributed by atoms with Crippen molar-refractivity contribution in [2.45, 2.75) is 25.7 Å². The summed E-state index contributed by atoms with van der Waals surface area (Å²) in [5.74, 6) is -0.248. The van der Waals surface area contributed by atoms with E-state index in [1.807, 2.05) is 5.38 Å². The first-order chi connectivity index (χ1) is 10.2. The summed E-state index contributed by atoms with van der Waals surface area (Å²) in [5.41, 5.74) is 1.91. The highest BCUT2D eigenvalue weighted by Crippen LogP contribution is 2.46. The maximum Gasteiger partial charge on any atom is 0.341 e. The van der Waals surface area contributed by atoms with Gasteiger partial charge >= 0.3 is 5.97 Å². The molecule has 2 aromatic heterocycles. The Morgan fingerprint density at radius 3 is 2.95 bits per heavy atom. The molecule has 3 rings (SSSR count). The van der Waals surface area contributed by atoms with Crippen LogP contribution < -0.4 is 5.32 Å². The second kappa shape index (κ2) is 5.69. The SMILES string of the molecule is CCOC(=O)c1c(C2CC2)csc1NC(=O)c1cn[nH]c1. The van der Waals surface area contributed by atoms with Crippen molar-refractivity contribution >= 4 is 28.2 Å². The van der Waals surface area contributed by atoms with Crippen LogP contribution >= 0.6 is 11.3 Å². The predicted octanol–water partition coefficient (Wildman–Crippen LogP) is 2.78. The molecule has 0 saturated heterocycles. The molecule has 2 N–H and O–H groups in total. The number of anilines is 1. The molecular weight excluding hydrogens is 290 g/mol. The van der Waals surface area contributed by atoms with Crippen LogP contribution in [-0.2, 0) is 4.74 Å². The van der Waals surface area contributed by atoms with Crippen LogP contribution in [0.25, 0.3) is 0 Å². The predicted molar refractivity (Wildman–Crippen MR) is 78.8 cm³/mol. The number of carbonyl (C=O) groups excluding carboxylic acids is 2. The van der Waals surface area contributed by atoms with Crippen molar-refractivity contribution in [2.75, 3.05) is 11.9 Å². The zero-order valence-corrected chi connectivity index (χ0v) is 12.3. The largest absolute Gasteiger partial charge is 0.462 e. The molecule has 0 spiro atoms. The number of rotatable bonds is 5. The normalized spacial score (nSPS) is 14.0. The van der Waals surface area contributed by atoms with Gasteiger partial charge in [0.15, 0.2) is 0 Å². The van der Waals surface area contributed by atoms with Crippen LogP contribution in [0.2, 0.25) is 0 Å². The number of H-pyrrole nitrogens is 1. The highest BCUT2D eigenvalue weighted by atomic mass is 32.1. The maximum absolute atomic E-state index is 12.2. The van der Waals surface area contributed by atoms with E-state index in [-0.39, 0.29) is 11.9 Å². The molecule has 110 valence electrons. The topological polar surface area (TPSA) is 84.1 Å². The summed E-state index contributed by atoms with van der Waals surface area (Å²) in [4.78, 5) is 24.2. The van der Waals surface area contributed by atoms with Crippen molar-refractivity contribution in [3.05, 3.63) is 34.5 Å². The number of hydrogen-bond donors (Lipinski definition) is 2. The molecule has 2 heterocycles. The third kappa shape index (κ3) is 2.82. The third-order valence-electron chi connectivity index (χ3n) is 3.30. The lowest BCUT2D eigenvalue weighted by molar-refractivity contribution is 0.0527. The van der Waals surface area contributed by atoms with Crippen LogP contribution in [0.4, 0.5) is 5.00 Å². The Bertz CT molecular complexity index is 659. The number of aromatic amines is 1. The summed E-state index contributed by atoms with van der Waals surface area (Å²) < 4.78 is 5.12. The number of aromatic nitrogens is 2. The van der Waals surface area contributed by atoms with Gasteiger partial charge in [-0.2, -0.15) is 5.10 Å². The zero-order valence-electron chi connectivity index (χ0n) is 11.5. The van der Waals surface area contributed by atoms with Crippen LogP contribution in [-0.4, -0.2) is 28.7 Å². The van der Waals surface area contributed by atoms with E-state index in [2.05, 4.69) is 15.5 Å². The summed E-state index contributed by atoms with van der Waals surface area (Å²) >= 11 is 1.36. The van der Waals surface area contributed by atoms with E-state index in [0.717, 1.165) is 18.4 Å². The first-order valence-corrected chi connectivity index (χ1v) is 7.67. The van der Waals surface area contributed by atoms with Gasteiger partial charge in [-0.1, -0.05) is 0 Å². The monoisotopic (exact) mass is 305 g/mol. The summed E-state index contributed by atoms with van der Waals surface area (Å²) in [5, 5.41) is 11.6. The summed E-state index contributed by atoms with van der Waals surface area (Å²) in [6.07, 6.45) is 5.11. The third-order valence-corrected chi connectivity index (χ3v) is 4.22. The minimum Gasteiger partial charge on any atom is -0.462 e. The lowest BCUT2D eigenvalue weighted by Crippen LogP contribution is -2.14. The molecule has 0 radical (unpaired) electrons. The Hall–Kier alpha value is -2.15. The number of thiophene rings is 1. The van der Waals surface area contributed by atoms with Gasteiger partial charge in [-0.25, -0.2) is 4.79 Å². The molecule has 0 aliphatic heterocycles. The van der Waals surface area contributed by atoms with Gasteiger partial charge in [-0.05, 0) is 36.6 Å². The summed E-state index contributed by atoms with van der Waals surface area (Å²) in [6.45, 7) is 2.08. The van der Waals surface area contributed by atoms with Crippen LogP contribution in [0.15, 0.2) is 17.8 Å². The van der Waals surface area contributed by atoms with Crippen LogP contribution in [0.5, 0.6) is 0 Å². The number of esters is 1. The van der Waals surface area contributed by atoms with Crippen molar-refractivity contribution in [3.63, 3.8) is 0 Å². The first kappa shape index (κ1) is 13.8. The van der Waals surface area contributed by atoms with Crippen molar-refractivity contribution in [1.82, 2.24) is 10.2 Å². The molecule has 6 nitrogen and oxygen atoms in total. The molecule has 2 aromatic rings. The fourth-order valence-electron chi connectivity index (χ4n) is 2.12. The first-order valence-electron chi connectivity index (χ1n) is 6.79. The average molecular weight is 305 g/mol. The molecule has 0 aromatic carbocycles. The maximum atomic E-state index is 12.2. The minimum absolute atomic E-state index is 0.293. The summed E-state index contributed by atoms with van der Waals surface area (Å²) in [6, 6.07) is 0. The molecule has 0 unspecified atom stereocenters. The number of nitrogens with zero attached hydrogens (tertiary/aromatic N) is 1. The smallest absolute Gasteiger partial charge is 0.341 e. The molecule has 21 heavy (non-hydrogen) atoms. The van der Waals surface area contributed by atoms with Gasteiger partial charge in [-0.15, -0.1) is 11.3 Å². The molecular formula is C14H15N3O3S. The van der Waals surface area contributed by atoms with Gasteiger partial charge in [0.05, 0.1) is 23.9 Å². The lowest BCUT2D eigenvalue weighted by Gasteiger charge is -2.07. The van der Waals surface area contributed by atoms with Gasteiger partial charge in [0.1, 0.15) is 5.00 Å². The van der Waals surface area contributed by atoms with Gasteiger partial charge in [0, 0.05) is 6.20 Å². The Kier molecular flexibility index (Phi) is 3.74. The second-order valence-corrected chi connectivity index (χ2v) is 5.71. The Balaban J connectivity index is 1.87. The second-order valence-electron chi connectivity index (χ2n) is 4.83. The molecule has 7 heteroatoms. The number of ether oxygens (including phenoxy) is 1. The molecule has 0 bridgehead atoms.